The Morgan fingerprint density at radius 3 is 2.37 bits per heavy atom. The number of hydrogen-bond donors (Lipinski definition) is 1. The van der Waals surface area contributed by atoms with E-state index in [1.54, 1.807) is 28.6 Å². The molecule has 0 amide bonds. The van der Waals surface area contributed by atoms with E-state index in [2.05, 4.69) is 94.4 Å². The first-order valence-electron chi connectivity index (χ1n) is 20.8. The van der Waals surface area contributed by atoms with Crippen LogP contribution in [0.5, 0.6) is 5.75 Å². The smallest absolute Gasteiger partial charge is 0.243 e. The number of benzene rings is 6. The second kappa shape index (κ2) is 15.3. The van der Waals surface area contributed by atoms with Crippen LogP contribution in [0.1, 0.15) is 42.4 Å². The number of carbonyl (C=O) groups is 1. The van der Waals surface area contributed by atoms with Crippen molar-refractivity contribution in [1.29, 1.82) is 0 Å². The van der Waals surface area contributed by atoms with Gasteiger partial charge < -0.3 is 14.4 Å². The number of phenolic OH excluding ortho intramolecular Hbond substituents is 1. The molecule has 1 aliphatic carbocycles. The van der Waals surface area contributed by atoms with E-state index in [0.29, 0.717) is 36.2 Å². The van der Waals surface area contributed by atoms with Crippen molar-refractivity contribution in [3.63, 3.8) is 0 Å². The van der Waals surface area contributed by atoms with E-state index in [-0.39, 0.29) is 35.4 Å². The van der Waals surface area contributed by atoms with Crippen molar-refractivity contribution in [3.05, 3.63) is 156 Å². The highest BCUT2D eigenvalue weighted by Gasteiger charge is 2.35. The molecule has 0 radical (unpaired) electrons. The summed E-state index contributed by atoms with van der Waals surface area (Å²) in [7, 11) is -3.94. The first kappa shape index (κ1) is 37.3. The van der Waals surface area contributed by atoms with Crippen LogP contribution in [-0.2, 0) is 34.1 Å². The zero-order valence-electron chi connectivity index (χ0n) is 32.9. The second-order valence-corrected chi connectivity index (χ2v) is 18.0. The number of sulfonamides is 1. The quantitative estimate of drug-likeness (QED) is 0.116. The molecule has 5 aromatic rings. The average molecular weight is 801 g/mol. The summed E-state index contributed by atoms with van der Waals surface area (Å²) in [4.78, 5) is 15.9. The zero-order valence-corrected chi connectivity index (χ0v) is 33.7. The van der Waals surface area contributed by atoms with Crippen LogP contribution in [0, 0.1) is 5.92 Å². The number of hydrogen-bond acceptors (Lipinski definition) is 6. The lowest BCUT2D eigenvalue weighted by Gasteiger charge is -2.31. The molecular weight excluding hydrogens is 755 g/mol. The zero-order chi connectivity index (χ0) is 40.1. The number of ketones is 1. The monoisotopic (exact) mass is 800 g/mol. The van der Waals surface area contributed by atoms with Crippen LogP contribution >= 0.6 is 0 Å². The van der Waals surface area contributed by atoms with Crippen molar-refractivity contribution in [1.82, 2.24) is 8.88 Å². The van der Waals surface area contributed by atoms with E-state index in [9.17, 15) is 18.3 Å². The van der Waals surface area contributed by atoms with Crippen LogP contribution < -0.4 is 14.8 Å². The Bertz CT molecular complexity index is 2890. The summed E-state index contributed by atoms with van der Waals surface area (Å²) in [6.07, 6.45) is 4.87. The highest BCUT2D eigenvalue weighted by Crippen LogP contribution is 2.45. The van der Waals surface area contributed by atoms with Gasteiger partial charge in [0, 0.05) is 95.6 Å². The number of anilines is 2. The molecule has 59 heavy (non-hydrogen) atoms. The van der Waals surface area contributed by atoms with Crippen molar-refractivity contribution in [3.8, 4) is 28.2 Å². The van der Waals surface area contributed by atoms with Gasteiger partial charge in [-0.2, -0.15) is 8.88 Å². The number of aryl methyl sites for hydroxylation is 1. The summed E-state index contributed by atoms with van der Waals surface area (Å²) in [6, 6.07) is 44.0. The van der Waals surface area contributed by atoms with Crippen LogP contribution in [0.3, 0.4) is 0 Å². The number of nitrogens with zero attached hydrogens (tertiary/aromatic N) is 3. The number of carbonyl (C=O) groups excluding carboxylic acids is 1. The van der Waals surface area contributed by atoms with E-state index < -0.39 is 10.0 Å². The van der Waals surface area contributed by atoms with Crippen molar-refractivity contribution in [2.45, 2.75) is 49.8 Å². The van der Waals surface area contributed by atoms with Crippen LogP contribution in [0.15, 0.2) is 143 Å². The lowest BCUT2D eigenvalue weighted by atomic mass is 9.90. The predicted octanol–water partition coefficient (Wildman–Crippen LogP) is 9.26. The molecule has 0 atom stereocenters. The summed E-state index contributed by atoms with van der Waals surface area (Å²) in [6.45, 7) is 2.32. The molecule has 0 bridgehead atoms. The molecule has 5 aliphatic rings. The molecule has 0 aromatic heterocycles. The molecular formula is C50H46N3O5S+. The third-order valence-corrected chi connectivity index (χ3v) is 14.6. The maximum Gasteiger partial charge on any atom is 0.243 e. The minimum absolute atomic E-state index is 0.159. The number of rotatable bonds is 9. The van der Waals surface area contributed by atoms with Gasteiger partial charge in [0.15, 0.2) is 6.54 Å². The number of fused-ring (bicyclic) bond motifs is 4. The van der Waals surface area contributed by atoms with Crippen LogP contribution in [0.25, 0.3) is 33.4 Å². The van der Waals surface area contributed by atoms with Gasteiger partial charge in [-0.3, -0.25) is 4.79 Å². The molecule has 4 heterocycles. The SMILES string of the molecule is O=C(CCCc1ccc(O)cc1)C1CCN(S(=O)(=O)c2ccccc2-c2c3ccc(=[N+]4CCc5ccccc54)cc-3oc3cc(N4CCc5ccccc54)ccc23)CC1. The van der Waals surface area contributed by atoms with Gasteiger partial charge in [-0.15, -0.1) is 0 Å². The third-order valence-electron chi connectivity index (χ3n) is 12.6. The minimum atomic E-state index is -3.94. The van der Waals surface area contributed by atoms with Gasteiger partial charge in [0.05, 0.1) is 11.0 Å². The van der Waals surface area contributed by atoms with E-state index in [0.717, 1.165) is 71.9 Å². The van der Waals surface area contributed by atoms with Gasteiger partial charge in [0.1, 0.15) is 22.9 Å². The molecule has 10 rings (SSSR count). The Morgan fingerprint density at radius 2 is 1.53 bits per heavy atom. The number of para-hydroxylation sites is 2. The molecule has 8 nitrogen and oxygen atoms in total. The van der Waals surface area contributed by atoms with Gasteiger partial charge in [0.2, 0.25) is 21.1 Å². The first-order valence-corrected chi connectivity index (χ1v) is 22.2. The summed E-state index contributed by atoms with van der Waals surface area (Å²) >= 11 is 0. The molecule has 1 saturated heterocycles. The molecule has 4 aliphatic heterocycles. The molecule has 9 heteroatoms. The molecule has 0 saturated carbocycles. The van der Waals surface area contributed by atoms with Gasteiger partial charge in [-0.25, -0.2) is 8.42 Å². The number of phenols is 1. The van der Waals surface area contributed by atoms with Crippen molar-refractivity contribution >= 4 is 43.8 Å². The number of aromatic hydroxyl groups is 1. The number of piperidine rings is 1. The number of Topliss-reactive ketones (excluding diaryl/α,β-unsaturated/α-hetero) is 1. The van der Waals surface area contributed by atoms with E-state index >= 15 is 0 Å². The largest absolute Gasteiger partial charge is 0.508 e. The topological polar surface area (TPSA) is 94.1 Å². The highest BCUT2D eigenvalue weighted by molar-refractivity contribution is 7.89. The Labute approximate surface area is 344 Å². The van der Waals surface area contributed by atoms with E-state index in [1.807, 2.05) is 24.3 Å². The molecule has 5 aromatic carbocycles. The Hall–Kier alpha value is -6.03. The standard InChI is InChI=1S/C50H45N3O5S/c54-40-20-16-34(17-21-40)8-7-14-46(55)37-24-28-51(29-25-37)59(56,57)49-15-6-3-11-43(49)50-41-22-18-38(52-30-26-35-9-1-4-12-44(35)52)32-47(41)58-48-33-39(19-23-42(48)50)53-31-27-36-10-2-5-13-45(36)53/h1-6,9-13,15-23,32-33,37H,7-8,14,24-31H2/p+1. The van der Waals surface area contributed by atoms with Gasteiger partial charge >= 0.3 is 0 Å². The van der Waals surface area contributed by atoms with Crippen molar-refractivity contribution < 1.29 is 22.7 Å². The summed E-state index contributed by atoms with van der Waals surface area (Å²) < 4.78 is 40.3. The van der Waals surface area contributed by atoms with Gasteiger partial charge in [-0.05, 0) is 85.7 Å². The Balaban J connectivity index is 1.01. The van der Waals surface area contributed by atoms with E-state index in [1.165, 1.54) is 22.5 Å². The Kier molecular flexibility index (Phi) is 9.65. The normalized spacial score (nSPS) is 16.8. The summed E-state index contributed by atoms with van der Waals surface area (Å²) in [5.41, 5.74) is 10.1. The van der Waals surface area contributed by atoms with Gasteiger partial charge in [0.25, 0.3) is 0 Å². The van der Waals surface area contributed by atoms with Crippen molar-refractivity contribution in [2.24, 2.45) is 5.92 Å². The van der Waals surface area contributed by atoms with Crippen molar-refractivity contribution in [2.75, 3.05) is 31.1 Å². The fourth-order valence-corrected chi connectivity index (χ4v) is 11.2. The van der Waals surface area contributed by atoms with Crippen LogP contribution in [0.2, 0.25) is 0 Å². The first-order chi connectivity index (χ1) is 28.8. The summed E-state index contributed by atoms with van der Waals surface area (Å²) in [5.74, 6) is 0.950. The van der Waals surface area contributed by atoms with E-state index in [4.69, 9.17) is 4.42 Å². The van der Waals surface area contributed by atoms with Crippen LogP contribution in [0.4, 0.5) is 17.1 Å². The average Bonchev–Trinajstić information content (AvgIpc) is 3.91. The highest BCUT2D eigenvalue weighted by atomic mass is 32.2. The predicted molar refractivity (Wildman–Crippen MR) is 233 cm³/mol. The maximum absolute atomic E-state index is 14.8. The fraction of sp³-hybridized carbons (Fsp3) is 0.240. The van der Waals surface area contributed by atoms with Crippen LogP contribution in [-0.4, -0.2) is 49.8 Å². The summed E-state index contributed by atoms with van der Waals surface area (Å²) in [5, 5.41) is 11.4. The minimum Gasteiger partial charge on any atom is -0.508 e. The second-order valence-electron chi connectivity index (χ2n) is 16.1. The molecule has 1 N–H and O–H groups in total. The molecule has 0 unspecified atom stereocenters. The van der Waals surface area contributed by atoms with Gasteiger partial charge in [-0.1, -0.05) is 66.7 Å². The molecule has 296 valence electrons. The molecule has 1 fully saturated rings. The maximum atomic E-state index is 14.8. The molecule has 0 spiro atoms. The fourth-order valence-electron chi connectivity index (χ4n) is 9.50. The Morgan fingerprint density at radius 1 is 0.763 bits per heavy atom. The lowest BCUT2D eigenvalue weighted by molar-refractivity contribution is -0.124. The third kappa shape index (κ3) is 6.92. The lowest BCUT2D eigenvalue weighted by Crippen LogP contribution is -2.40.